The lowest BCUT2D eigenvalue weighted by Crippen LogP contribution is -2.50. The monoisotopic (exact) mass is 501 g/mol. The number of fused-ring (bicyclic) bond motifs is 1. The molecule has 1 saturated heterocycles. The first-order valence-corrected chi connectivity index (χ1v) is 13.6. The number of nitrogens with zero attached hydrogens (tertiary/aromatic N) is 1. The summed E-state index contributed by atoms with van der Waals surface area (Å²) in [7, 11) is 0. The molecular weight excluding hydrogens is 466 g/mol. The number of likely N-dealkylation sites (tertiary alicyclic amines) is 1. The molecule has 35 heavy (non-hydrogen) atoms. The third-order valence-electron chi connectivity index (χ3n) is 6.32. The molecule has 4 rings (SSSR count). The third-order valence-corrected chi connectivity index (χ3v) is 7.90. The molecule has 9 heteroatoms. The second kappa shape index (κ2) is 12.6. The number of nitrogens with one attached hydrogen (secondary N) is 2. The van der Waals surface area contributed by atoms with Gasteiger partial charge in [-0.2, -0.15) is 0 Å². The SMILES string of the molecule is CCC[S+]([O-])c1ccc(NC(=O)CN2CCC(NCC(O)C3COc4ccccc4O3)CC2)cc1. The lowest BCUT2D eigenvalue weighted by molar-refractivity contribution is -0.117. The minimum Gasteiger partial charge on any atom is -0.611 e. The van der Waals surface area contributed by atoms with Crippen molar-refractivity contribution in [2.75, 3.05) is 43.9 Å². The number of aliphatic hydroxyl groups is 1. The summed E-state index contributed by atoms with van der Waals surface area (Å²) in [6, 6.07) is 15.0. The maximum Gasteiger partial charge on any atom is 0.238 e. The predicted octanol–water partition coefficient (Wildman–Crippen LogP) is 2.40. The van der Waals surface area contributed by atoms with Gasteiger partial charge in [-0.05, 0) is 66.8 Å². The number of amides is 1. The van der Waals surface area contributed by atoms with Gasteiger partial charge in [0.2, 0.25) is 5.91 Å². The molecule has 1 amide bonds. The second-order valence-corrected chi connectivity index (χ2v) is 10.6. The van der Waals surface area contributed by atoms with E-state index in [1.54, 1.807) is 0 Å². The third kappa shape index (κ3) is 7.35. The van der Waals surface area contributed by atoms with Crippen molar-refractivity contribution < 1.29 is 23.9 Å². The van der Waals surface area contributed by atoms with Crippen LogP contribution in [0.5, 0.6) is 11.5 Å². The summed E-state index contributed by atoms with van der Waals surface area (Å²) in [5.41, 5.74) is 0.717. The fourth-order valence-electron chi connectivity index (χ4n) is 4.34. The fraction of sp³-hybridized carbons (Fsp3) is 0.500. The first-order valence-electron chi connectivity index (χ1n) is 12.3. The molecule has 0 radical (unpaired) electrons. The molecule has 0 aliphatic carbocycles. The Bertz CT molecular complexity index is 952. The number of rotatable bonds is 10. The van der Waals surface area contributed by atoms with Crippen LogP contribution >= 0.6 is 0 Å². The summed E-state index contributed by atoms with van der Waals surface area (Å²) in [5, 5.41) is 16.9. The highest BCUT2D eigenvalue weighted by molar-refractivity contribution is 7.91. The minimum absolute atomic E-state index is 0.0519. The van der Waals surface area contributed by atoms with Gasteiger partial charge in [0.15, 0.2) is 22.5 Å². The van der Waals surface area contributed by atoms with E-state index in [9.17, 15) is 14.5 Å². The first kappa shape index (κ1) is 25.8. The topological polar surface area (TPSA) is 106 Å². The molecule has 8 nitrogen and oxygen atoms in total. The molecule has 1 fully saturated rings. The molecule has 0 aromatic heterocycles. The van der Waals surface area contributed by atoms with E-state index in [2.05, 4.69) is 15.5 Å². The molecule has 3 N–H and O–H groups in total. The molecule has 2 heterocycles. The van der Waals surface area contributed by atoms with Crippen molar-refractivity contribution in [3.05, 3.63) is 48.5 Å². The molecule has 0 bridgehead atoms. The van der Waals surface area contributed by atoms with Crippen molar-refractivity contribution in [2.45, 2.75) is 49.3 Å². The number of hydrogen-bond acceptors (Lipinski definition) is 7. The van der Waals surface area contributed by atoms with Crippen LogP contribution < -0.4 is 20.1 Å². The summed E-state index contributed by atoms with van der Waals surface area (Å²) in [4.78, 5) is 15.4. The fourth-order valence-corrected chi connectivity index (χ4v) is 5.38. The molecule has 3 atom stereocenters. The van der Waals surface area contributed by atoms with Gasteiger partial charge in [-0.1, -0.05) is 19.1 Å². The second-order valence-electron chi connectivity index (χ2n) is 9.06. The number of piperidine rings is 1. The van der Waals surface area contributed by atoms with Gasteiger partial charge in [-0.25, -0.2) is 0 Å². The predicted molar refractivity (Wildman–Crippen MR) is 136 cm³/mol. The molecular formula is C26H35N3O5S. The van der Waals surface area contributed by atoms with Crippen molar-refractivity contribution in [1.29, 1.82) is 0 Å². The Kier molecular flexibility index (Phi) is 9.28. The lowest BCUT2D eigenvalue weighted by Gasteiger charge is -2.34. The smallest absolute Gasteiger partial charge is 0.238 e. The Balaban J connectivity index is 1.14. The highest BCUT2D eigenvalue weighted by Crippen LogP contribution is 2.31. The van der Waals surface area contributed by atoms with Crippen molar-refractivity contribution in [1.82, 2.24) is 10.2 Å². The van der Waals surface area contributed by atoms with Gasteiger partial charge in [-0.3, -0.25) is 9.69 Å². The van der Waals surface area contributed by atoms with Crippen molar-refractivity contribution in [3.8, 4) is 11.5 Å². The van der Waals surface area contributed by atoms with Crippen LogP contribution in [0, 0.1) is 0 Å². The Morgan fingerprint density at radius 3 is 2.60 bits per heavy atom. The minimum atomic E-state index is -0.985. The van der Waals surface area contributed by atoms with E-state index in [1.807, 2.05) is 55.5 Å². The summed E-state index contributed by atoms with van der Waals surface area (Å²) in [5.74, 6) is 1.97. The standard InChI is InChI=1S/C26H35N3O5S/c1-2-15-35(32)21-9-7-20(8-10-21)28-26(31)17-29-13-11-19(12-14-29)27-16-22(30)25-18-33-23-5-3-4-6-24(23)34-25/h3-10,19,22,25,27,30H,2,11-18H2,1H3,(H,28,31). The van der Waals surface area contributed by atoms with Crippen LogP contribution in [-0.2, 0) is 16.0 Å². The molecule has 2 aromatic rings. The summed E-state index contributed by atoms with van der Waals surface area (Å²) >= 11 is -0.985. The van der Waals surface area contributed by atoms with Gasteiger partial charge in [-0.15, -0.1) is 0 Å². The first-order chi connectivity index (χ1) is 17.0. The lowest BCUT2D eigenvalue weighted by atomic mass is 10.0. The summed E-state index contributed by atoms with van der Waals surface area (Å²) < 4.78 is 23.6. The van der Waals surface area contributed by atoms with E-state index in [0.717, 1.165) is 37.2 Å². The van der Waals surface area contributed by atoms with Gasteiger partial charge >= 0.3 is 0 Å². The molecule has 3 unspecified atom stereocenters. The quantitative estimate of drug-likeness (QED) is 0.429. The van der Waals surface area contributed by atoms with Gasteiger partial charge < -0.3 is 29.8 Å². The zero-order valence-corrected chi connectivity index (χ0v) is 21.0. The average Bonchev–Trinajstić information content (AvgIpc) is 2.88. The molecule has 2 aliphatic heterocycles. The van der Waals surface area contributed by atoms with Gasteiger partial charge in [0, 0.05) is 31.4 Å². The van der Waals surface area contributed by atoms with E-state index in [1.165, 1.54) is 0 Å². The number of anilines is 1. The van der Waals surface area contributed by atoms with Crippen LogP contribution in [0.15, 0.2) is 53.4 Å². The number of aliphatic hydroxyl groups excluding tert-OH is 1. The van der Waals surface area contributed by atoms with E-state index < -0.39 is 23.4 Å². The Morgan fingerprint density at radius 1 is 1.17 bits per heavy atom. The average molecular weight is 502 g/mol. The Hall–Kier alpha value is -2.30. The normalized spacial score (nSPS) is 20.3. The molecule has 0 spiro atoms. The van der Waals surface area contributed by atoms with Crippen molar-refractivity contribution in [2.24, 2.45) is 0 Å². The van der Waals surface area contributed by atoms with Gasteiger partial charge in [0.05, 0.1) is 6.54 Å². The van der Waals surface area contributed by atoms with E-state index in [0.29, 0.717) is 42.6 Å². The van der Waals surface area contributed by atoms with Crippen molar-refractivity contribution >= 4 is 22.8 Å². The molecule has 0 saturated carbocycles. The molecule has 2 aliphatic rings. The van der Waals surface area contributed by atoms with E-state index in [-0.39, 0.29) is 11.9 Å². The summed E-state index contributed by atoms with van der Waals surface area (Å²) in [6.45, 7) is 4.73. The van der Waals surface area contributed by atoms with Crippen LogP contribution in [0.1, 0.15) is 26.2 Å². The Labute approximate surface area is 210 Å². The van der Waals surface area contributed by atoms with E-state index in [4.69, 9.17) is 9.47 Å². The number of hydrogen-bond donors (Lipinski definition) is 3. The maximum atomic E-state index is 12.5. The van der Waals surface area contributed by atoms with Gasteiger partial charge in [0.1, 0.15) is 18.5 Å². The number of carbonyl (C=O) groups excluding carboxylic acids is 1. The summed E-state index contributed by atoms with van der Waals surface area (Å²) in [6.07, 6.45) is 1.61. The highest BCUT2D eigenvalue weighted by Gasteiger charge is 2.28. The number of carbonyl (C=O) groups is 1. The van der Waals surface area contributed by atoms with E-state index >= 15 is 0 Å². The highest BCUT2D eigenvalue weighted by atomic mass is 32.2. The van der Waals surface area contributed by atoms with Crippen LogP contribution in [0.3, 0.4) is 0 Å². The van der Waals surface area contributed by atoms with Crippen LogP contribution in [0.2, 0.25) is 0 Å². The molecule has 190 valence electrons. The van der Waals surface area contributed by atoms with Crippen LogP contribution in [0.25, 0.3) is 0 Å². The number of benzene rings is 2. The maximum absolute atomic E-state index is 12.5. The van der Waals surface area contributed by atoms with Crippen LogP contribution in [0.4, 0.5) is 5.69 Å². The number of ether oxygens (including phenoxy) is 2. The van der Waals surface area contributed by atoms with Gasteiger partial charge in [0.25, 0.3) is 0 Å². The zero-order chi connectivity index (χ0) is 24.6. The van der Waals surface area contributed by atoms with Crippen LogP contribution in [-0.4, -0.2) is 77.3 Å². The zero-order valence-electron chi connectivity index (χ0n) is 20.2. The largest absolute Gasteiger partial charge is 0.611 e. The number of para-hydroxylation sites is 2. The molecule has 2 aromatic carbocycles. The van der Waals surface area contributed by atoms with Crippen molar-refractivity contribution in [3.63, 3.8) is 0 Å². The Morgan fingerprint density at radius 2 is 1.89 bits per heavy atom.